The third-order valence-corrected chi connectivity index (χ3v) is 7.93. The lowest BCUT2D eigenvalue weighted by Crippen LogP contribution is -2.09. The molecule has 0 spiro atoms. The minimum Gasteiger partial charge on any atom is -0.508 e. The van der Waals surface area contributed by atoms with Crippen LogP contribution in [0.25, 0.3) is 21.9 Å². The van der Waals surface area contributed by atoms with E-state index in [4.69, 9.17) is 40.5 Å². The minimum absolute atomic E-state index is 0.0741. The van der Waals surface area contributed by atoms with E-state index in [0.29, 0.717) is 16.5 Å². The van der Waals surface area contributed by atoms with E-state index < -0.39 is 29.8 Å². The maximum absolute atomic E-state index is 12.1. The van der Waals surface area contributed by atoms with Crippen LogP contribution in [0.5, 0.6) is 28.7 Å². The normalized spacial score (nSPS) is 9.90. The highest BCUT2D eigenvalue weighted by molar-refractivity contribution is 5.98. The molecule has 7 aromatic rings. The van der Waals surface area contributed by atoms with E-state index >= 15 is 0 Å². The lowest BCUT2D eigenvalue weighted by molar-refractivity contribution is 0.0685. The van der Waals surface area contributed by atoms with Crippen LogP contribution < -0.4 is 4.74 Å². The zero-order chi connectivity index (χ0) is 43.1. The first-order valence-electron chi connectivity index (χ1n) is 17.1. The van der Waals surface area contributed by atoms with E-state index in [2.05, 4.69) is 0 Å². The Morgan fingerprint density at radius 3 is 0.949 bits per heavy atom. The predicted octanol–water partition coefficient (Wildman–Crippen LogP) is 8.40. The van der Waals surface area contributed by atoms with E-state index in [9.17, 15) is 29.1 Å². The summed E-state index contributed by atoms with van der Waals surface area (Å²) in [7, 11) is 0. The second-order valence-corrected chi connectivity index (χ2v) is 12.1. The van der Waals surface area contributed by atoms with Crippen molar-refractivity contribution in [2.75, 3.05) is 0 Å². The number of fused-ring (bicyclic) bond motifs is 1. The molecular formula is C45H34O14. The summed E-state index contributed by atoms with van der Waals surface area (Å²) in [6, 6.07) is 39.5. The molecule has 0 heterocycles. The van der Waals surface area contributed by atoms with Gasteiger partial charge >= 0.3 is 29.8 Å². The number of rotatable bonds is 7. The monoisotopic (exact) mass is 798 g/mol. The Morgan fingerprint density at radius 2 is 0.593 bits per heavy atom. The smallest absolute Gasteiger partial charge is 0.343 e. The van der Waals surface area contributed by atoms with Gasteiger partial charge in [-0.05, 0) is 143 Å². The van der Waals surface area contributed by atoms with Gasteiger partial charge in [0.15, 0.2) is 0 Å². The van der Waals surface area contributed by atoms with Gasteiger partial charge in [0.05, 0.1) is 27.8 Å². The zero-order valence-corrected chi connectivity index (χ0v) is 30.5. The fourth-order valence-electron chi connectivity index (χ4n) is 4.85. The summed E-state index contributed by atoms with van der Waals surface area (Å²) in [5.41, 5.74) is 2.79. The summed E-state index contributed by atoms with van der Waals surface area (Å²) in [4.78, 5) is 54.6. The van der Waals surface area contributed by atoms with E-state index in [1.54, 1.807) is 48.5 Å². The highest BCUT2D eigenvalue weighted by Crippen LogP contribution is 2.25. The van der Waals surface area contributed by atoms with Crippen LogP contribution in [-0.2, 0) is 0 Å². The molecule has 59 heavy (non-hydrogen) atoms. The van der Waals surface area contributed by atoms with Gasteiger partial charge in [-0.3, -0.25) is 0 Å². The number of carbonyl (C=O) groups excluding carboxylic acids is 1. The Labute approximate surface area is 335 Å². The van der Waals surface area contributed by atoms with Crippen molar-refractivity contribution in [1.82, 2.24) is 0 Å². The van der Waals surface area contributed by atoms with Crippen molar-refractivity contribution in [2.45, 2.75) is 0 Å². The fraction of sp³-hybridized carbons (Fsp3) is 0. The standard InChI is InChI=1S/C20H14O5.C12H8O4.C7H6O3.C6H6O2/c21-17-9-5-13(6-10-17)14-7-11-18(12-8-14)25-20(24)16-3-1-15(2-4-16)19(22)23;13-11(14)9-3-1-7-5-10(12(15)16)4-2-8(7)6-9;8-6-3-1-5(2-4-6)7(9)10;7-5-1-2-6(8)4-3-5/h1-12,21H,(H,22,23);1-6H,(H,13,14)(H,15,16);1-4,8H,(H,9,10);1-4,7-8H. The molecule has 8 N–H and O–H groups in total. The maximum atomic E-state index is 12.1. The number of aromatic hydroxyl groups is 4. The van der Waals surface area contributed by atoms with Crippen molar-refractivity contribution in [3.8, 4) is 39.9 Å². The molecule has 0 radical (unpaired) electrons. The number of hydrogen-bond donors (Lipinski definition) is 8. The SMILES string of the molecule is O=C(O)c1ccc(C(=O)Oc2ccc(-c3ccc(O)cc3)cc2)cc1.O=C(O)c1ccc(O)cc1.O=C(O)c1ccc2cc(C(=O)O)ccc2c1.Oc1ccc(O)cc1. The highest BCUT2D eigenvalue weighted by Gasteiger charge is 2.11. The number of phenols is 4. The number of carboxylic acids is 4. The third kappa shape index (κ3) is 13.3. The first-order chi connectivity index (χ1) is 28.1. The molecule has 7 aromatic carbocycles. The molecule has 0 saturated carbocycles. The summed E-state index contributed by atoms with van der Waals surface area (Å²) in [5, 5.41) is 71.6. The van der Waals surface area contributed by atoms with E-state index in [1.807, 2.05) is 12.1 Å². The Bertz CT molecular complexity index is 2470. The summed E-state index contributed by atoms with van der Waals surface area (Å²) < 4.78 is 5.28. The summed E-state index contributed by atoms with van der Waals surface area (Å²) in [5.74, 6) is -3.60. The van der Waals surface area contributed by atoms with Crippen molar-refractivity contribution in [3.05, 3.63) is 186 Å². The fourth-order valence-corrected chi connectivity index (χ4v) is 4.85. The Hall–Kier alpha value is -8.65. The number of carbonyl (C=O) groups is 5. The average Bonchev–Trinajstić information content (AvgIpc) is 3.23. The van der Waals surface area contributed by atoms with Gasteiger partial charge in [-0.1, -0.05) is 36.4 Å². The van der Waals surface area contributed by atoms with Crippen LogP contribution in [0.1, 0.15) is 51.8 Å². The van der Waals surface area contributed by atoms with Crippen molar-refractivity contribution < 1.29 is 69.6 Å². The third-order valence-electron chi connectivity index (χ3n) is 7.93. The van der Waals surface area contributed by atoms with Gasteiger partial charge < -0.3 is 45.6 Å². The van der Waals surface area contributed by atoms with Gasteiger partial charge in [0, 0.05) is 0 Å². The van der Waals surface area contributed by atoms with Crippen molar-refractivity contribution >= 4 is 40.6 Å². The van der Waals surface area contributed by atoms with Crippen LogP contribution in [0, 0.1) is 0 Å². The van der Waals surface area contributed by atoms with Crippen molar-refractivity contribution in [3.63, 3.8) is 0 Å². The molecule has 7 rings (SSSR count). The lowest BCUT2D eigenvalue weighted by atomic mass is 10.0. The van der Waals surface area contributed by atoms with Gasteiger partial charge in [0.1, 0.15) is 28.7 Å². The number of esters is 1. The number of phenolic OH excluding ortho intramolecular Hbond substituents is 4. The first-order valence-corrected chi connectivity index (χ1v) is 17.1. The molecule has 298 valence electrons. The summed E-state index contributed by atoms with van der Waals surface area (Å²) in [6.07, 6.45) is 0. The van der Waals surface area contributed by atoms with Gasteiger partial charge in [-0.15, -0.1) is 0 Å². The Kier molecular flexibility index (Phi) is 14.8. The van der Waals surface area contributed by atoms with E-state index in [0.717, 1.165) is 11.1 Å². The molecule has 0 bridgehead atoms. The van der Waals surface area contributed by atoms with Gasteiger partial charge in [0.25, 0.3) is 0 Å². The number of hydrogen-bond acceptors (Lipinski definition) is 10. The van der Waals surface area contributed by atoms with Crippen molar-refractivity contribution in [1.29, 1.82) is 0 Å². The van der Waals surface area contributed by atoms with Gasteiger partial charge in [0.2, 0.25) is 0 Å². The summed E-state index contributed by atoms with van der Waals surface area (Å²) >= 11 is 0. The topological polar surface area (TPSA) is 256 Å². The van der Waals surface area contributed by atoms with Crippen molar-refractivity contribution in [2.24, 2.45) is 0 Å². The molecule has 0 unspecified atom stereocenters. The zero-order valence-electron chi connectivity index (χ0n) is 30.5. The minimum atomic E-state index is -1.05. The number of aromatic carboxylic acids is 4. The molecular weight excluding hydrogens is 764 g/mol. The van der Waals surface area contributed by atoms with Crippen LogP contribution in [-0.4, -0.2) is 70.7 Å². The molecule has 0 aromatic heterocycles. The molecule has 14 nitrogen and oxygen atoms in total. The maximum Gasteiger partial charge on any atom is 0.343 e. The van der Waals surface area contributed by atoms with Gasteiger partial charge in [-0.2, -0.15) is 0 Å². The molecule has 14 heteroatoms. The first kappa shape index (κ1) is 43.1. The Morgan fingerprint density at radius 1 is 0.322 bits per heavy atom. The predicted molar refractivity (Wildman–Crippen MR) is 215 cm³/mol. The van der Waals surface area contributed by atoms with Crippen LogP contribution >= 0.6 is 0 Å². The number of carboxylic acid groups (broad SMARTS) is 4. The van der Waals surface area contributed by atoms with Crippen LogP contribution in [0.2, 0.25) is 0 Å². The molecule has 0 saturated heterocycles. The van der Waals surface area contributed by atoms with Crippen LogP contribution in [0.4, 0.5) is 0 Å². The second-order valence-electron chi connectivity index (χ2n) is 12.1. The van der Waals surface area contributed by atoms with E-state index in [1.165, 1.54) is 97.1 Å². The molecule has 0 atom stereocenters. The lowest BCUT2D eigenvalue weighted by Gasteiger charge is -2.06. The number of ether oxygens (including phenoxy) is 1. The van der Waals surface area contributed by atoms with Gasteiger partial charge in [-0.25, -0.2) is 24.0 Å². The summed E-state index contributed by atoms with van der Waals surface area (Å²) in [6.45, 7) is 0. The molecule has 0 amide bonds. The highest BCUT2D eigenvalue weighted by atomic mass is 16.5. The molecule has 0 aliphatic carbocycles. The van der Waals surface area contributed by atoms with Crippen LogP contribution in [0.3, 0.4) is 0 Å². The second kappa shape index (κ2) is 20.3. The van der Waals surface area contributed by atoms with E-state index in [-0.39, 0.29) is 50.8 Å². The average molecular weight is 799 g/mol. The largest absolute Gasteiger partial charge is 0.508 e. The Balaban J connectivity index is 0.000000192. The molecule has 0 fully saturated rings. The molecule has 0 aliphatic rings. The molecule has 0 aliphatic heterocycles. The quantitative estimate of drug-likeness (QED) is 0.0428. The van der Waals surface area contributed by atoms with Crippen LogP contribution in [0.15, 0.2) is 158 Å². The number of benzene rings is 7.